The molecular formula is C15H22N3OP. The van der Waals surface area contributed by atoms with Gasteiger partial charge in [0, 0.05) is 12.6 Å². The molecule has 108 valence electrons. The molecule has 0 spiro atoms. The van der Waals surface area contributed by atoms with Crippen molar-refractivity contribution in [3.63, 3.8) is 0 Å². The highest BCUT2D eigenvalue weighted by molar-refractivity contribution is 7.65. The lowest BCUT2D eigenvalue weighted by molar-refractivity contribution is 0.418. The van der Waals surface area contributed by atoms with Gasteiger partial charge in [0.2, 0.25) is 0 Å². The smallest absolute Gasteiger partial charge is 0.151 e. The Bertz CT molecular complexity index is 591. The van der Waals surface area contributed by atoms with Crippen LogP contribution in [0.3, 0.4) is 0 Å². The highest BCUT2D eigenvalue weighted by Gasteiger charge is 2.17. The van der Waals surface area contributed by atoms with E-state index in [-0.39, 0.29) is 7.92 Å². The topological polar surface area (TPSA) is 53.1 Å². The first-order valence-corrected chi connectivity index (χ1v) is 8.55. The molecule has 1 heterocycles. The molecule has 0 aliphatic carbocycles. The Morgan fingerprint density at radius 3 is 2.60 bits per heavy atom. The standard InChI is InChI=1S/C15H22N3OP/c1-5-20(6-2)14-10-13(17-18(14)3)11-8-7-9-12(16)15(11)19-4/h7-10H,5-6,16H2,1-4H3. The van der Waals surface area contributed by atoms with Crippen LogP contribution in [0.25, 0.3) is 11.3 Å². The van der Waals surface area contributed by atoms with E-state index in [1.807, 2.05) is 29.9 Å². The molecule has 0 saturated heterocycles. The second kappa shape index (κ2) is 6.27. The summed E-state index contributed by atoms with van der Waals surface area (Å²) in [6, 6.07) is 7.96. The number of nitrogens with zero attached hydrogens (tertiary/aromatic N) is 2. The summed E-state index contributed by atoms with van der Waals surface area (Å²) >= 11 is 0. The lowest BCUT2D eigenvalue weighted by Gasteiger charge is -2.12. The quantitative estimate of drug-likeness (QED) is 0.681. The van der Waals surface area contributed by atoms with E-state index in [4.69, 9.17) is 10.5 Å². The Labute approximate surface area is 121 Å². The van der Waals surface area contributed by atoms with Crippen molar-refractivity contribution in [1.29, 1.82) is 0 Å². The van der Waals surface area contributed by atoms with Crippen LogP contribution in [0.5, 0.6) is 5.75 Å². The maximum atomic E-state index is 5.97. The van der Waals surface area contributed by atoms with E-state index in [1.54, 1.807) is 7.11 Å². The molecule has 0 saturated carbocycles. The first kappa shape index (κ1) is 14.9. The van der Waals surface area contributed by atoms with Gasteiger partial charge in [-0.05, 0) is 30.5 Å². The van der Waals surface area contributed by atoms with Crippen molar-refractivity contribution in [2.24, 2.45) is 7.05 Å². The van der Waals surface area contributed by atoms with Gasteiger partial charge in [-0.25, -0.2) is 0 Å². The Morgan fingerprint density at radius 2 is 2.00 bits per heavy atom. The summed E-state index contributed by atoms with van der Waals surface area (Å²) in [4.78, 5) is 0. The van der Waals surface area contributed by atoms with Crippen molar-refractivity contribution in [1.82, 2.24) is 9.78 Å². The van der Waals surface area contributed by atoms with Gasteiger partial charge < -0.3 is 10.5 Å². The zero-order chi connectivity index (χ0) is 14.7. The van der Waals surface area contributed by atoms with Gasteiger partial charge in [-0.3, -0.25) is 4.68 Å². The van der Waals surface area contributed by atoms with Gasteiger partial charge in [0.25, 0.3) is 0 Å². The number of nitrogens with two attached hydrogens (primary N) is 1. The Hall–Kier alpha value is -1.54. The number of hydrogen-bond donors (Lipinski definition) is 1. The van der Waals surface area contributed by atoms with Crippen molar-refractivity contribution in [2.75, 3.05) is 25.2 Å². The van der Waals surface area contributed by atoms with Crippen LogP contribution < -0.4 is 15.9 Å². The van der Waals surface area contributed by atoms with Crippen LogP contribution in [0.1, 0.15) is 13.8 Å². The summed E-state index contributed by atoms with van der Waals surface area (Å²) in [5.74, 6) is 0.703. The molecule has 0 bridgehead atoms. The highest BCUT2D eigenvalue weighted by atomic mass is 31.1. The highest BCUT2D eigenvalue weighted by Crippen LogP contribution is 2.37. The van der Waals surface area contributed by atoms with Gasteiger partial charge in [-0.2, -0.15) is 5.10 Å². The second-order valence-corrected chi connectivity index (χ2v) is 7.41. The molecule has 2 aromatic rings. The van der Waals surface area contributed by atoms with E-state index < -0.39 is 0 Å². The average Bonchev–Trinajstić information content (AvgIpc) is 2.82. The number of methoxy groups -OCH3 is 1. The molecule has 0 amide bonds. The minimum Gasteiger partial charge on any atom is -0.494 e. The van der Waals surface area contributed by atoms with E-state index in [0.717, 1.165) is 11.3 Å². The van der Waals surface area contributed by atoms with Crippen molar-refractivity contribution in [3.8, 4) is 17.0 Å². The maximum absolute atomic E-state index is 5.97. The van der Waals surface area contributed by atoms with Crippen LogP contribution in [0.15, 0.2) is 24.3 Å². The van der Waals surface area contributed by atoms with Crippen LogP contribution in [0, 0.1) is 0 Å². The zero-order valence-corrected chi connectivity index (χ0v) is 13.4. The van der Waals surface area contributed by atoms with Crippen molar-refractivity contribution in [2.45, 2.75) is 13.8 Å². The normalized spacial score (nSPS) is 11.1. The third kappa shape index (κ3) is 2.66. The molecule has 5 heteroatoms. The number of para-hydroxylation sites is 1. The molecule has 20 heavy (non-hydrogen) atoms. The molecule has 0 aliphatic heterocycles. The number of aryl methyl sites for hydroxylation is 1. The molecule has 2 rings (SSSR count). The summed E-state index contributed by atoms with van der Waals surface area (Å²) in [6.07, 6.45) is 2.36. The molecule has 4 nitrogen and oxygen atoms in total. The minimum absolute atomic E-state index is 0.135. The number of nitrogen functional groups attached to an aromatic ring is 1. The van der Waals surface area contributed by atoms with Gasteiger partial charge in [-0.1, -0.05) is 27.8 Å². The van der Waals surface area contributed by atoms with E-state index in [9.17, 15) is 0 Å². The van der Waals surface area contributed by atoms with E-state index in [2.05, 4.69) is 25.0 Å². The summed E-state index contributed by atoms with van der Waals surface area (Å²) < 4.78 is 7.42. The lowest BCUT2D eigenvalue weighted by atomic mass is 10.1. The van der Waals surface area contributed by atoms with E-state index in [1.165, 1.54) is 17.8 Å². The largest absolute Gasteiger partial charge is 0.494 e. The molecular weight excluding hydrogens is 269 g/mol. The van der Waals surface area contributed by atoms with E-state index in [0.29, 0.717) is 11.4 Å². The van der Waals surface area contributed by atoms with Gasteiger partial charge in [0.1, 0.15) is 0 Å². The van der Waals surface area contributed by atoms with Gasteiger partial charge in [0.05, 0.1) is 23.9 Å². The van der Waals surface area contributed by atoms with Crippen LogP contribution in [-0.4, -0.2) is 29.2 Å². The molecule has 1 aromatic heterocycles. The molecule has 0 unspecified atom stereocenters. The number of rotatable bonds is 5. The SMILES string of the molecule is CCP(CC)c1cc(-c2cccc(N)c2OC)nn1C. The predicted octanol–water partition coefficient (Wildman–Crippen LogP) is 2.82. The third-order valence-electron chi connectivity index (χ3n) is 3.47. The van der Waals surface area contributed by atoms with Crippen LogP contribution in [-0.2, 0) is 7.05 Å². The third-order valence-corrected chi connectivity index (χ3v) is 6.06. The Balaban J connectivity index is 2.50. The summed E-state index contributed by atoms with van der Waals surface area (Å²) in [7, 11) is 3.52. The first-order chi connectivity index (χ1) is 9.62. The van der Waals surface area contributed by atoms with Crippen molar-refractivity contribution in [3.05, 3.63) is 24.3 Å². The monoisotopic (exact) mass is 291 g/mol. The summed E-state index contributed by atoms with van der Waals surface area (Å²) in [5.41, 5.74) is 9.82. The number of ether oxygens (including phenoxy) is 1. The van der Waals surface area contributed by atoms with Gasteiger partial charge in [0.15, 0.2) is 5.75 Å². The fourth-order valence-electron chi connectivity index (χ4n) is 2.42. The number of hydrogen-bond acceptors (Lipinski definition) is 3. The van der Waals surface area contributed by atoms with Gasteiger partial charge in [-0.15, -0.1) is 0 Å². The molecule has 0 aliphatic rings. The average molecular weight is 291 g/mol. The molecule has 2 N–H and O–H groups in total. The predicted molar refractivity (Wildman–Crippen MR) is 87.2 cm³/mol. The Kier molecular flexibility index (Phi) is 4.66. The molecule has 1 aromatic carbocycles. The van der Waals surface area contributed by atoms with Gasteiger partial charge >= 0.3 is 0 Å². The van der Waals surface area contributed by atoms with Crippen LogP contribution in [0.4, 0.5) is 5.69 Å². The molecule has 0 radical (unpaired) electrons. The minimum atomic E-state index is -0.135. The molecule has 0 atom stereocenters. The zero-order valence-electron chi connectivity index (χ0n) is 12.6. The fraction of sp³-hybridized carbons (Fsp3) is 0.400. The van der Waals surface area contributed by atoms with Crippen molar-refractivity contribution < 1.29 is 4.74 Å². The van der Waals surface area contributed by atoms with E-state index >= 15 is 0 Å². The number of anilines is 1. The first-order valence-electron chi connectivity index (χ1n) is 6.84. The van der Waals surface area contributed by atoms with Crippen LogP contribution in [0.2, 0.25) is 0 Å². The lowest BCUT2D eigenvalue weighted by Crippen LogP contribution is -2.14. The van der Waals surface area contributed by atoms with Crippen molar-refractivity contribution >= 4 is 19.0 Å². The number of benzene rings is 1. The summed E-state index contributed by atoms with van der Waals surface area (Å²) in [6.45, 7) is 4.48. The number of aromatic nitrogens is 2. The molecule has 0 fully saturated rings. The Morgan fingerprint density at radius 1 is 1.30 bits per heavy atom. The van der Waals surface area contributed by atoms with Crippen LogP contribution >= 0.6 is 7.92 Å². The second-order valence-electron chi connectivity index (χ2n) is 4.61. The summed E-state index contributed by atoms with van der Waals surface area (Å²) in [5, 5.41) is 4.64. The fourth-order valence-corrected chi connectivity index (χ4v) is 4.27. The maximum Gasteiger partial charge on any atom is 0.151 e.